The molecule has 1 fully saturated rings. The number of carbonyl (C=O) groups excluding carboxylic acids is 1. The maximum atomic E-state index is 11.8. The van der Waals surface area contributed by atoms with Gasteiger partial charge in [0, 0.05) is 51.7 Å². The molecule has 1 aliphatic rings. The van der Waals surface area contributed by atoms with Crippen LogP contribution < -0.4 is 15.5 Å². The van der Waals surface area contributed by atoms with Crippen LogP contribution in [0.5, 0.6) is 0 Å². The molecule has 0 spiro atoms. The monoisotopic (exact) mass is 526 g/mol. The number of pyridine rings is 1. The third-order valence-electron chi connectivity index (χ3n) is 4.04. The van der Waals surface area contributed by atoms with Crippen molar-refractivity contribution < 1.29 is 4.79 Å². The summed E-state index contributed by atoms with van der Waals surface area (Å²) < 4.78 is 0. The molecule has 0 bridgehead atoms. The number of anilines is 1. The Kier molecular flexibility index (Phi) is 11.2. The van der Waals surface area contributed by atoms with Crippen LogP contribution in [0.3, 0.4) is 0 Å². The van der Waals surface area contributed by atoms with Gasteiger partial charge in [0.25, 0.3) is 0 Å². The number of halogens is 2. The molecule has 1 aromatic heterocycles. The van der Waals surface area contributed by atoms with Gasteiger partial charge >= 0.3 is 0 Å². The second-order valence-electron chi connectivity index (χ2n) is 6.26. The van der Waals surface area contributed by atoms with E-state index >= 15 is 0 Å². The fraction of sp³-hybridized carbons (Fsp3) is 0.588. The van der Waals surface area contributed by atoms with Crippen molar-refractivity contribution in [1.29, 1.82) is 0 Å². The summed E-state index contributed by atoms with van der Waals surface area (Å²) in [5.74, 6) is 2.44. The Labute approximate surface area is 187 Å². The van der Waals surface area contributed by atoms with E-state index in [9.17, 15) is 4.79 Å². The summed E-state index contributed by atoms with van der Waals surface area (Å²) in [4.78, 5) is 24.3. The van der Waals surface area contributed by atoms with E-state index in [0.29, 0.717) is 11.0 Å². The summed E-state index contributed by atoms with van der Waals surface area (Å²) in [6.07, 6.45) is 4.77. The Morgan fingerprint density at radius 1 is 1.52 bits per heavy atom. The number of hydrogen-bond donors (Lipinski definition) is 2. The summed E-state index contributed by atoms with van der Waals surface area (Å²) >= 11 is 8.01. The van der Waals surface area contributed by atoms with Crippen LogP contribution in [0, 0.1) is 0 Å². The quantitative estimate of drug-likeness (QED) is 0.245. The maximum Gasteiger partial charge on any atom is 0.243 e. The van der Waals surface area contributed by atoms with E-state index in [0.717, 1.165) is 37.6 Å². The SMILES string of the molecule is CSCCNC(=NCC(=O)N(C)C)NC1CCN(c2ncccc2Cl)C1.I. The van der Waals surface area contributed by atoms with Crippen LogP contribution in [0.15, 0.2) is 23.3 Å². The number of amides is 1. The zero-order chi connectivity index (χ0) is 18.9. The Morgan fingerprint density at radius 3 is 2.96 bits per heavy atom. The molecule has 10 heteroatoms. The summed E-state index contributed by atoms with van der Waals surface area (Å²) in [5, 5.41) is 7.39. The number of nitrogens with one attached hydrogen (secondary N) is 2. The van der Waals surface area contributed by atoms with Gasteiger partial charge in [0.15, 0.2) is 5.96 Å². The summed E-state index contributed by atoms with van der Waals surface area (Å²) in [7, 11) is 3.47. The second-order valence-corrected chi connectivity index (χ2v) is 7.65. The molecule has 1 aromatic rings. The molecular weight excluding hydrogens is 499 g/mol. The Balaban J connectivity index is 0.00000364. The molecule has 0 radical (unpaired) electrons. The molecule has 0 aromatic carbocycles. The first-order chi connectivity index (χ1) is 12.5. The number of hydrogen-bond acceptors (Lipinski definition) is 5. The van der Waals surface area contributed by atoms with Gasteiger partial charge in [-0.2, -0.15) is 11.8 Å². The number of thioether (sulfide) groups is 1. The fourth-order valence-electron chi connectivity index (χ4n) is 2.59. The molecule has 27 heavy (non-hydrogen) atoms. The van der Waals surface area contributed by atoms with Gasteiger partial charge in [-0.1, -0.05) is 11.6 Å². The second kappa shape index (κ2) is 12.5. The van der Waals surface area contributed by atoms with Crippen LogP contribution in [-0.2, 0) is 4.79 Å². The van der Waals surface area contributed by atoms with Crippen LogP contribution in [0.2, 0.25) is 5.02 Å². The van der Waals surface area contributed by atoms with E-state index in [1.807, 2.05) is 12.1 Å². The number of nitrogens with zero attached hydrogens (tertiary/aromatic N) is 4. The van der Waals surface area contributed by atoms with E-state index in [4.69, 9.17) is 11.6 Å². The minimum Gasteiger partial charge on any atom is -0.356 e. The first kappa shape index (κ1) is 24.1. The molecule has 7 nitrogen and oxygen atoms in total. The third-order valence-corrected chi connectivity index (χ3v) is 4.94. The number of aliphatic imine (C=N–C) groups is 1. The van der Waals surface area contributed by atoms with Crippen molar-refractivity contribution in [3.8, 4) is 0 Å². The van der Waals surface area contributed by atoms with Crippen molar-refractivity contribution in [2.24, 2.45) is 4.99 Å². The van der Waals surface area contributed by atoms with Gasteiger partial charge in [-0.3, -0.25) is 4.79 Å². The molecule has 1 atom stereocenters. The van der Waals surface area contributed by atoms with Crippen molar-refractivity contribution in [2.75, 3.05) is 57.2 Å². The molecule has 1 aliphatic heterocycles. The molecule has 0 saturated carbocycles. The predicted molar refractivity (Wildman–Crippen MR) is 126 cm³/mol. The third kappa shape index (κ3) is 7.90. The minimum atomic E-state index is -0.0238. The summed E-state index contributed by atoms with van der Waals surface area (Å²) in [6.45, 7) is 2.60. The average Bonchev–Trinajstić information content (AvgIpc) is 3.08. The normalized spacial score (nSPS) is 16.7. The van der Waals surface area contributed by atoms with Crippen LogP contribution in [0.4, 0.5) is 5.82 Å². The van der Waals surface area contributed by atoms with Crippen molar-refractivity contribution >= 4 is 65.0 Å². The smallest absolute Gasteiger partial charge is 0.243 e. The van der Waals surface area contributed by atoms with Gasteiger partial charge in [-0.05, 0) is 24.8 Å². The highest BCUT2D eigenvalue weighted by Gasteiger charge is 2.25. The first-order valence-corrected chi connectivity index (χ1v) is 10.4. The average molecular weight is 527 g/mol. The molecular formula is C17H28ClIN6OS. The van der Waals surface area contributed by atoms with Gasteiger partial charge in [-0.25, -0.2) is 9.98 Å². The highest BCUT2D eigenvalue weighted by molar-refractivity contribution is 14.0. The Hall–Kier alpha value is -0.940. The van der Waals surface area contributed by atoms with Crippen LogP contribution in [0.1, 0.15) is 6.42 Å². The minimum absolute atomic E-state index is 0. The van der Waals surface area contributed by atoms with Gasteiger partial charge in [-0.15, -0.1) is 24.0 Å². The molecule has 152 valence electrons. The predicted octanol–water partition coefficient (Wildman–Crippen LogP) is 1.92. The van der Waals surface area contributed by atoms with E-state index in [-0.39, 0.29) is 42.5 Å². The maximum absolute atomic E-state index is 11.8. The zero-order valence-electron chi connectivity index (χ0n) is 15.9. The topological polar surface area (TPSA) is 72.9 Å². The molecule has 1 unspecified atom stereocenters. The van der Waals surface area contributed by atoms with Crippen molar-refractivity contribution in [3.63, 3.8) is 0 Å². The fourth-order valence-corrected chi connectivity index (χ4v) is 3.13. The lowest BCUT2D eigenvalue weighted by Gasteiger charge is -2.20. The van der Waals surface area contributed by atoms with Crippen molar-refractivity contribution in [2.45, 2.75) is 12.5 Å². The van der Waals surface area contributed by atoms with Gasteiger partial charge < -0.3 is 20.4 Å². The lowest BCUT2D eigenvalue weighted by Crippen LogP contribution is -2.45. The highest BCUT2D eigenvalue weighted by atomic mass is 127. The molecule has 2 N–H and O–H groups in total. The standard InChI is InChI=1S/C17H27ClN6OS.HI/c1-23(2)15(25)11-21-17(20-8-10-26-3)22-13-6-9-24(12-13)16-14(18)5-4-7-19-16;/h4-5,7,13H,6,8-12H2,1-3H3,(H2,20,21,22);1H. The van der Waals surface area contributed by atoms with Crippen LogP contribution >= 0.6 is 47.3 Å². The number of rotatable bonds is 7. The van der Waals surface area contributed by atoms with E-state index < -0.39 is 0 Å². The van der Waals surface area contributed by atoms with Crippen LogP contribution in [0.25, 0.3) is 0 Å². The summed E-state index contributed by atoms with van der Waals surface area (Å²) in [6, 6.07) is 3.91. The van der Waals surface area contributed by atoms with E-state index in [1.54, 1.807) is 37.0 Å². The number of guanidine groups is 1. The zero-order valence-corrected chi connectivity index (χ0v) is 19.8. The number of likely N-dealkylation sites (N-methyl/N-ethyl adjacent to an activating group) is 1. The molecule has 2 rings (SSSR count). The Morgan fingerprint density at radius 2 is 2.30 bits per heavy atom. The molecule has 2 heterocycles. The molecule has 1 amide bonds. The van der Waals surface area contributed by atoms with E-state index in [2.05, 4.69) is 31.8 Å². The molecule has 1 saturated heterocycles. The lowest BCUT2D eigenvalue weighted by atomic mass is 10.3. The van der Waals surface area contributed by atoms with E-state index in [1.165, 1.54) is 0 Å². The largest absolute Gasteiger partial charge is 0.356 e. The number of aromatic nitrogens is 1. The van der Waals surface area contributed by atoms with Crippen molar-refractivity contribution in [1.82, 2.24) is 20.5 Å². The van der Waals surface area contributed by atoms with Gasteiger partial charge in [0.2, 0.25) is 5.91 Å². The first-order valence-electron chi connectivity index (χ1n) is 8.60. The summed E-state index contributed by atoms with van der Waals surface area (Å²) in [5.41, 5.74) is 0. The van der Waals surface area contributed by atoms with Gasteiger partial charge in [0.05, 0.1) is 5.02 Å². The van der Waals surface area contributed by atoms with Crippen LogP contribution in [-0.4, -0.2) is 80.1 Å². The lowest BCUT2D eigenvalue weighted by molar-refractivity contribution is -0.127. The molecule has 0 aliphatic carbocycles. The van der Waals surface area contributed by atoms with Gasteiger partial charge in [0.1, 0.15) is 12.4 Å². The highest BCUT2D eigenvalue weighted by Crippen LogP contribution is 2.25. The Bertz CT molecular complexity index is 633. The number of carbonyl (C=O) groups is 1. The van der Waals surface area contributed by atoms with Crippen molar-refractivity contribution in [3.05, 3.63) is 23.4 Å².